The van der Waals surface area contributed by atoms with E-state index in [1.807, 2.05) is 12.1 Å². The zero-order valence-electron chi connectivity index (χ0n) is 10.4. The summed E-state index contributed by atoms with van der Waals surface area (Å²) >= 11 is 0. The van der Waals surface area contributed by atoms with E-state index < -0.39 is 0 Å². The predicted molar refractivity (Wildman–Crippen MR) is 66.8 cm³/mol. The van der Waals surface area contributed by atoms with Crippen molar-refractivity contribution in [3.05, 3.63) is 24.2 Å². The summed E-state index contributed by atoms with van der Waals surface area (Å²) in [6.07, 6.45) is 1.62. The summed E-state index contributed by atoms with van der Waals surface area (Å²) in [4.78, 5) is 14.1. The van der Waals surface area contributed by atoms with Crippen LogP contribution in [0.2, 0.25) is 0 Å². The molecule has 0 radical (unpaired) electrons. The molecule has 2 aliphatic heterocycles. The van der Waals surface area contributed by atoms with Crippen molar-refractivity contribution in [2.45, 2.75) is 6.54 Å². The number of fused-ring (bicyclic) bond motifs is 1. The van der Waals surface area contributed by atoms with Gasteiger partial charge < -0.3 is 15.1 Å². The number of nitrogens with zero attached hydrogens (tertiary/aromatic N) is 1. The van der Waals surface area contributed by atoms with E-state index in [1.165, 1.54) is 0 Å². The Kier molecular flexibility index (Phi) is 3.34. The molecular weight excluding hydrogens is 230 g/mol. The molecule has 3 rings (SSSR count). The highest BCUT2D eigenvalue weighted by molar-refractivity contribution is 5.77. The summed E-state index contributed by atoms with van der Waals surface area (Å²) in [5, 5.41) is 6.29. The molecule has 0 unspecified atom stereocenters. The molecule has 0 bridgehead atoms. The zero-order valence-corrected chi connectivity index (χ0v) is 10.4. The third-order valence-corrected chi connectivity index (χ3v) is 3.87. The molecule has 2 aliphatic rings. The minimum atomic E-state index is 0.0827. The van der Waals surface area contributed by atoms with Crippen LogP contribution in [0.5, 0.6) is 0 Å². The highest BCUT2D eigenvalue weighted by Crippen LogP contribution is 2.25. The molecule has 2 fully saturated rings. The van der Waals surface area contributed by atoms with Gasteiger partial charge in [0.25, 0.3) is 0 Å². The lowest BCUT2D eigenvalue weighted by molar-refractivity contribution is -0.122. The largest absolute Gasteiger partial charge is 0.467 e. The Labute approximate surface area is 107 Å². The summed E-state index contributed by atoms with van der Waals surface area (Å²) < 4.78 is 5.18. The van der Waals surface area contributed by atoms with Gasteiger partial charge in [-0.25, -0.2) is 0 Å². The van der Waals surface area contributed by atoms with Crippen LogP contribution in [0.4, 0.5) is 0 Å². The maximum absolute atomic E-state index is 11.8. The number of nitrogens with one attached hydrogen (secondary N) is 2. The Hall–Kier alpha value is -1.33. The zero-order chi connectivity index (χ0) is 12.4. The van der Waals surface area contributed by atoms with Crippen LogP contribution in [0.3, 0.4) is 0 Å². The number of likely N-dealkylation sites (tertiary alicyclic amines) is 1. The average Bonchev–Trinajstić information content (AvgIpc) is 3.01. The Morgan fingerprint density at radius 2 is 2.22 bits per heavy atom. The molecule has 0 aliphatic carbocycles. The van der Waals surface area contributed by atoms with Crippen molar-refractivity contribution in [1.82, 2.24) is 15.5 Å². The molecule has 18 heavy (non-hydrogen) atoms. The Balaban J connectivity index is 1.42. The molecule has 0 saturated carbocycles. The van der Waals surface area contributed by atoms with Crippen LogP contribution in [0, 0.1) is 11.8 Å². The van der Waals surface area contributed by atoms with Gasteiger partial charge in [-0.1, -0.05) is 0 Å². The molecule has 2 saturated heterocycles. The highest BCUT2D eigenvalue weighted by Gasteiger charge is 2.36. The van der Waals surface area contributed by atoms with Crippen LogP contribution in [-0.4, -0.2) is 43.5 Å². The van der Waals surface area contributed by atoms with Gasteiger partial charge in [-0.3, -0.25) is 9.69 Å². The van der Waals surface area contributed by atoms with Gasteiger partial charge >= 0.3 is 0 Å². The van der Waals surface area contributed by atoms with Crippen molar-refractivity contribution in [3.63, 3.8) is 0 Å². The second-order valence-corrected chi connectivity index (χ2v) is 5.23. The topological polar surface area (TPSA) is 57.5 Å². The van der Waals surface area contributed by atoms with Crippen LogP contribution in [0.15, 0.2) is 22.8 Å². The number of hydrogen-bond donors (Lipinski definition) is 2. The van der Waals surface area contributed by atoms with Crippen molar-refractivity contribution >= 4 is 5.91 Å². The minimum absolute atomic E-state index is 0.0827. The molecule has 98 valence electrons. The minimum Gasteiger partial charge on any atom is -0.467 e. The quantitative estimate of drug-likeness (QED) is 0.791. The van der Waals surface area contributed by atoms with Gasteiger partial charge in [0, 0.05) is 13.1 Å². The van der Waals surface area contributed by atoms with Crippen LogP contribution >= 0.6 is 0 Å². The molecule has 0 aromatic carbocycles. The molecule has 3 heterocycles. The highest BCUT2D eigenvalue weighted by atomic mass is 16.3. The van der Waals surface area contributed by atoms with Crippen LogP contribution in [-0.2, 0) is 11.3 Å². The molecule has 1 amide bonds. The van der Waals surface area contributed by atoms with E-state index >= 15 is 0 Å². The van der Waals surface area contributed by atoms with Crippen molar-refractivity contribution in [1.29, 1.82) is 0 Å². The van der Waals surface area contributed by atoms with Gasteiger partial charge in [0.05, 0.1) is 19.4 Å². The summed E-state index contributed by atoms with van der Waals surface area (Å²) in [6, 6.07) is 3.70. The molecule has 2 N–H and O–H groups in total. The molecule has 0 spiro atoms. The van der Waals surface area contributed by atoms with Crippen molar-refractivity contribution in [2.24, 2.45) is 11.8 Å². The van der Waals surface area contributed by atoms with Crippen molar-refractivity contribution in [2.75, 3.05) is 32.7 Å². The average molecular weight is 249 g/mol. The fourth-order valence-electron chi connectivity index (χ4n) is 2.94. The number of carbonyl (C=O) groups excluding carboxylic acids is 1. The van der Waals surface area contributed by atoms with E-state index in [-0.39, 0.29) is 5.91 Å². The Morgan fingerprint density at radius 3 is 2.89 bits per heavy atom. The molecule has 5 heteroatoms. The third-order valence-electron chi connectivity index (χ3n) is 3.87. The maximum atomic E-state index is 11.8. The standard InChI is InChI=1S/C13H19N3O2/c17-13(15-6-12-2-1-3-18-12)9-16-7-10-4-14-5-11(10)8-16/h1-3,10-11,14H,4-9H2,(H,15,17)/t10-,11+. The monoisotopic (exact) mass is 249 g/mol. The number of hydrogen-bond acceptors (Lipinski definition) is 4. The van der Waals surface area contributed by atoms with Crippen LogP contribution < -0.4 is 10.6 Å². The lowest BCUT2D eigenvalue weighted by Crippen LogP contribution is -2.37. The van der Waals surface area contributed by atoms with Gasteiger partial charge in [-0.2, -0.15) is 0 Å². The third kappa shape index (κ3) is 2.57. The summed E-state index contributed by atoms with van der Waals surface area (Å²) in [7, 11) is 0. The summed E-state index contributed by atoms with van der Waals surface area (Å²) in [5.74, 6) is 2.36. The molecule has 1 aromatic rings. The molecule has 5 nitrogen and oxygen atoms in total. The fourth-order valence-corrected chi connectivity index (χ4v) is 2.94. The maximum Gasteiger partial charge on any atom is 0.234 e. The number of rotatable bonds is 4. The van der Waals surface area contributed by atoms with Crippen LogP contribution in [0.25, 0.3) is 0 Å². The molecular formula is C13H19N3O2. The molecule has 2 atom stereocenters. The first-order chi connectivity index (χ1) is 8.81. The fraction of sp³-hybridized carbons (Fsp3) is 0.615. The number of amides is 1. The summed E-state index contributed by atoms with van der Waals surface area (Å²) in [6.45, 7) is 5.30. The van der Waals surface area contributed by atoms with Gasteiger partial charge in [0.2, 0.25) is 5.91 Å². The second kappa shape index (κ2) is 5.12. The smallest absolute Gasteiger partial charge is 0.234 e. The van der Waals surface area contributed by atoms with Gasteiger partial charge in [-0.15, -0.1) is 0 Å². The Morgan fingerprint density at radius 1 is 1.44 bits per heavy atom. The normalized spacial score (nSPS) is 27.3. The number of carbonyl (C=O) groups is 1. The van der Waals surface area contributed by atoms with Gasteiger partial charge in [-0.05, 0) is 37.1 Å². The van der Waals surface area contributed by atoms with Gasteiger partial charge in [0.15, 0.2) is 0 Å². The first-order valence-electron chi connectivity index (χ1n) is 6.53. The van der Waals surface area contributed by atoms with E-state index in [2.05, 4.69) is 15.5 Å². The predicted octanol–water partition coefficient (Wildman–Crippen LogP) is 0.0470. The number of furan rings is 1. The summed E-state index contributed by atoms with van der Waals surface area (Å²) in [5.41, 5.74) is 0. The Bertz CT molecular complexity index is 392. The first kappa shape index (κ1) is 11.7. The first-order valence-corrected chi connectivity index (χ1v) is 6.53. The van der Waals surface area contributed by atoms with E-state index in [1.54, 1.807) is 6.26 Å². The van der Waals surface area contributed by atoms with E-state index in [9.17, 15) is 4.79 Å². The SMILES string of the molecule is O=C(CN1C[C@H]2CNC[C@H]2C1)NCc1ccco1. The molecule has 1 aromatic heterocycles. The lowest BCUT2D eigenvalue weighted by Gasteiger charge is -2.16. The van der Waals surface area contributed by atoms with Crippen molar-refractivity contribution in [3.8, 4) is 0 Å². The van der Waals surface area contributed by atoms with Crippen molar-refractivity contribution < 1.29 is 9.21 Å². The van der Waals surface area contributed by atoms with Gasteiger partial charge in [0.1, 0.15) is 5.76 Å². The van der Waals surface area contributed by atoms with E-state index in [0.29, 0.717) is 13.1 Å². The van der Waals surface area contributed by atoms with E-state index in [4.69, 9.17) is 4.42 Å². The van der Waals surface area contributed by atoms with Crippen LogP contribution in [0.1, 0.15) is 5.76 Å². The second-order valence-electron chi connectivity index (χ2n) is 5.23. The van der Waals surface area contributed by atoms with E-state index in [0.717, 1.165) is 43.8 Å². The lowest BCUT2D eigenvalue weighted by atomic mass is 10.0.